The molecule has 1 aliphatic heterocycles. The number of piperidine rings is 1. The fourth-order valence-electron chi connectivity index (χ4n) is 2.01. The third-order valence-electron chi connectivity index (χ3n) is 2.81. The number of nitrogens with zero attached hydrogens (tertiary/aromatic N) is 1. The van der Waals surface area contributed by atoms with Gasteiger partial charge in [0.25, 0.3) is 0 Å². The van der Waals surface area contributed by atoms with E-state index in [4.69, 9.17) is 22.7 Å². The van der Waals surface area contributed by atoms with Gasteiger partial charge in [-0.3, -0.25) is 4.90 Å². The first-order chi connectivity index (χ1) is 7.25. The van der Waals surface area contributed by atoms with Crippen LogP contribution >= 0.6 is 12.2 Å². The molecule has 0 aliphatic carbocycles. The Morgan fingerprint density at radius 2 is 2.27 bits per heavy atom. The first-order valence-corrected chi connectivity index (χ1v) is 6.27. The van der Waals surface area contributed by atoms with Crippen molar-refractivity contribution >= 4 is 17.2 Å². The van der Waals surface area contributed by atoms with Crippen LogP contribution in [-0.4, -0.2) is 42.2 Å². The lowest BCUT2D eigenvalue weighted by atomic mass is 10.0. The van der Waals surface area contributed by atoms with Crippen molar-refractivity contribution in [2.75, 3.05) is 26.3 Å². The summed E-state index contributed by atoms with van der Waals surface area (Å²) < 4.78 is 5.49. The first-order valence-electron chi connectivity index (χ1n) is 5.86. The molecule has 0 aromatic rings. The topological polar surface area (TPSA) is 38.5 Å². The molecule has 15 heavy (non-hydrogen) atoms. The van der Waals surface area contributed by atoms with E-state index < -0.39 is 0 Å². The zero-order valence-electron chi connectivity index (χ0n) is 9.58. The van der Waals surface area contributed by atoms with E-state index in [0.717, 1.165) is 39.1 Å². The van der Waals surface area contributed by atoms with Crippen LogP contribution in [0.1, 0.15) is 32.6 Å². The molecule has 0 bridgehead atoms. The Labute approximate surface area is 98.0 Å². The van der Waals surface area contributed by atoms with Gasteiger partial charge < -0.3 is 10.5 Å². The molecule has 0 amide bonds. The Balaban J connectivity index is 2.26. The first kappa shape index (κ1) is 12.9. The molecule has 3 nitrogen and oxygen atoms in total. The minimum absolute atomic E-state index is 0.305. The SMILES string of the molecule is CCCOCCN1CCCCC1C(N)=S. The second-order valence-electron chi connectivity index (χ2n) is 4.06. The molecule has 1 rings (SSSR count). The number of ether oxygens (including phenoxy) is 1. The van der Waals surface area contributed by atoms with E-state index in [9.17, 15) is 0 Å². The van der Waals surface area contributed by atoms with Crippen LogP contribution in [0, 0.1) is 0 Å². The smallest absolute Gasteiger partial charge is 0.0902 e. The highest BCUT2D eigenvalue weighted by Crippen LogP contribution is 2.16. The van der Waals surface area contributed by atoms with Crippen molar-refractivity contribution in [2.45, 2.75) is 38.6 Å². The predicted molar refractivity (Wildman–Crippen MR) is 67.1 cm³/mol. The third kappa shape index (κ3) is 4.45. The zero-order chi connectivity index (χ0) is 11.1. The molecule has 2 N–H and O–H groups in total. The van der Waals surface area contributed by atoms with Crippen LogP contribution < -0.4 is 5.73 Å². The van der Waals surface area contributed by atoms with Gasteiger partial charge in [-0.1, -0.05) is 25.6 Å². The second kappa shape index (κ2) is 7.14. The van der Waals surface area contributed by atoms with Crippen LogP contribution in [0.3, 0.4) is 0 Å². The zero-order valence-corrected chi connectivity index (χ0v) is 10.4. The quantitative estimate of drug-likeness (QED) is 0.555. The van der Waals surface area contributed by atoms with Gasteiger partial charge in [0.2, 0.25) is 0 Å². The van der Waals surface area contributed by atoms with E-state index in [1.165, 1.54) is 12.8 Å². The molecule has 0 saturated carbocycles. The fraction of sp³-hybridized carbons (Fsp3) is 0.909. The Kier molecular flexibility index (Phi) is 6.13. The predicted octanol–water partition coefficient (Wildman–Crippen LogP) is 1.55. The van der Waals surface area contributed by atoms with Crippen molar-refractivity contribution in [2.24, 2.45) is 5.73 Å². The highest BCUT2D eigenvalue weighted by atomic mass is 32.1. The molecule has 1 fully saturated rings. The number of hydrogen-bond acceptors (Lipinski definition) is 3. The molecule has 1 unspecified atom stereocenters. The number of hydrogen-bond donors (Lipinski definition) is 1. The average molecular weight is 230 g/mol. The largest absolute Gasteiger partial charge is 0.392 e. The number of likely N-dealkylation sites (tertiary alicyclic amines) is 1. The van der Waals surface area contributed by atoms with Crippen molar-refractivity contribution in [1.82, 2.24) is 4.90 Å². The molecule has 0 spiro atoms. The summed E-state index contributed by atoms with van der Waals surface area (Å²) in [6, 6.07) is 0.305. The Morgan fingerprint density at radius 1 is 1.47 bits per heavy atom. The summed E-state index contributed by atoms with van der Waals surface area (Å²) >= 11 is 5.09. The summed E-state index contributed by atoms with van der Waals surface area (Å²) in [6.45, 7) is 5.84. The van der Waals surface area contributed by atoms with E-state index in [1.807, 2.05) is 0 Å². The van der Waals surface area contributed by atoms with Crippen LogP contribution in [0.2, 0.25) is 0 Å². The highest BCUT2D eigenvalue weighted by Gasteiger charge is 2.23. The standard InChI is InChI=1S/C11H22N2OS/c1-2-8-14-9-7-13-6-4-3-5-10(13)11(12)15/h10H,2-9H2,1H3,(H2,12,15). The highest BCUT2D eigenvalue weighted by molar-refractivity contribution is 7.80. The lowest BCUT2D eigenvalue weighted by Gasteiger charge is -2.34. The van der Waals surface area contributed by atoms with Crippen molar-refractivity contribution in [3.8, 4) is 0 Å². The molecule has 0 aromatic heterocycles. The van der Waals surface area contributed by atoms with E-state index >= 15 is 0 Å². The number of nitrogens with two attached hydrogens (primary N) is 1. The van der Waals surface area contributed by atoms with E-state index in [0.29, 0.717) is 11.0 Å². The Hall–Kier alpha value is -0.190. The van der Waals surface area contributed by atoms with Gasteiger partial charge in [0.05, 0.1) is 17.6 Å². The van der Waals surface area contributed by atoms with Gasteiger partial charge in [-0.15, -0.1) is 0 Å². The maximum absolute atomic E-state index is 5.74. The van der Waals surface area contributed by atoms with E-state index in [-0.39, 0.29) is 0 Å². The molecular formula is C11H22N2OS. The normalized spacial score (nSPS) is 22.9. The third-order valence-corrected chi connectivity index (χ3v) is 3.09. The minimum atomic E-state index is 0.305. The number of thiocarbonyl (C=S) groups is 1. The van der Waals surface area contributed by atoms with Gasteiger partial charge >= 0.3 is 0 Å². The van der Waals surface area contributed by atoms with Gasteiger partial charge in [0.1, 0.15) is 0 Å². The number of rotatable bonds is 6. The molecule has 1 saturated heterocycles. The molecule has 1 atom stereocenters. The summed E-state index contributed by atoms with van der Waals surface area (Å²) in [7, 11) is 0. The van der Waals surface area contributed by atoms with Crippen LogP contribution in [0.4, 0.5) is 0 Å². The van der Waals surface area contributed by atoms with Crippen LogP contribution in [-0.2, 0) is 4.74 Å². The Bertz CT molecular complexity index is 199. The lowest BCUT2D eigenvalue weighted by molar-refractivity contribution is 0.0874. The summed E-state index contributed by atoms with van der Waals surface area (Å²) in [5, 5.41) is 0. The van der Waals surface area contributed by atoms with Crippen molar-refractivity contribution in [3.63, 3.8) is 0 Å². The van der Waals surface area contributed by atoms with Crippen molar-refractivity contribution in [1.29, 1.82) is 0 Å². The van der Waals surface area contributed by atoms with Gasteiger partial charge in [-0.25, -0.2) is 0 Å². The van der Waals surface area contributed by atoms with Gasteiger partial charge in [0, 0.05) is 13.2 Å². The van der Waals surface area contributed by atoms with E-state index in [1.54, 1.807) is 0 Å². The summed E-state index contributed by atoms with van der Waals surface area (Å²) in [4.78, 5) is 3.01. The summed E-state index contributed by atoms with van der Waals surface area (Å²) in [5.41, 5.74) is 5.74. The molecule has 0 aromatic carbocycles. The lowest BCUT2D eigenvalue weighted by Crippen LogP contribution is -2.48. The van der Waals surface area contributed by atoms with Crippen LogP contribution in [0.15, 0.2) is 0 Å². The van der Waals surface area contributed by atoms with E-state index in [2.05, 4.69) is 11.8 Å². The Morgan fingerprint density at radius 3 is 2.93 bits per heavy atom. The molecule has 1 aliphatic rings. The molecule has 1 heterocycles. The summed E-state index contributed by atoms with van der Waals surface area (Å²) in [6.07, 6.45) is 4.70. The molecule has 88 valence electrons. The molecular weight excluding hydrogens is 208 g/mol. The van der Waals surface area contributed by atoms with Crippen molar-refractivity contribution in [3.05, 3.63) is 0 Å². The maximum Gasteiger partial charge on any atom is 0.0902 e. The van der Waals surface area contributed by atoms with Crippen molar-refractivity contribution < 1.29 is 4.74 Å². The maximum atomic E-state index is 5.74. The molecule has 0 radical (unpaired) electrons. The second-order valence-corrected chi connectivity index (χ2v) is 4.53. The fourth-order valence-corrected chi connectivity index (χ4v) is 2.28. The summed E-state index contributed by atoms with van der Waals surface area (Å²) in [5.74, 6) is 0. The van der Waals surface area contributed by atoms with Gasteiger partial charge in [-0.2, -0.15) is 0 Å². The molecule has 4 heteroatoms. The minimum Gasteiger partial charge on any atom is -0.392 e. The van der Waals surface area contributed by atoms with Gasteiger partial charge in [0.15, 0.2) is 0 Å². The van der Waals surface area contributed by atoms with Crippen LogP contribution in [0.5, 0.6) is 0 Å². The monoisotopic (exact) mass is 230 g/mol. The average Bonchev–Trinajstić information content (AvgIpc) is 2.25. The van der Waals surface area contributed by atoms with Crippen LogP contribution in [0.25, 0.3) is 0 Å². The van der Waals surface area contributed by atoms with Gasteiger partial charge in [-0.05, 0) is 25.8 Å².